The number of aromatic nitrogens is 1. The van der Waals surface area contributed by atoms with Gasteiger partial charge in [-0.05, 0) is 105 Å². The Morgan fingerprint density at radius 2 is 1.60 bits per heavy atom. The molecule has 0 radical (unpaired) electrons. The second-order valence-corrected chi connectivity index (χ2v) is 20.8. The van der Waals surface area contributed by atoms with Crippen molar-refractivity contribution in [3.8, 4) is 0 Å². The van der Waals surface area contributed by atoms with E-state index < -0.39 is 108 Å². The number of aryl methyl sites for hydroxylation is 1. The monoisotopic (exact) mass is 957 g/mol. The average Bonchev–Trinajstić information content (AvgIpc) is 3.57. The van der Waals surface area contributed by atoms with Crippen LogP contribution in [0, 0.1) is 23.7 Å². The Hall–Kier alpha value is -3.36. The number of methoxy groups -OCH3 is 2. The lowest BCUT2D eigenvalue weighted by molar-refractivity contribution is -0.319. The summed E-state index contributed by atoms with van der Waals surface area (Å²) in [5.41, 5.74) is 1.55. The molecule has 2 unspecified atom stereocenters. The van der Waals surface area contributed by atoms with Crippen molar-refractivity contribution in [3.05, 3.63) is 42.1 Å². The Morgan fingerprint density at radius 1 is 0.912 bits per heavy atom. The topological polar surface area (TPSA) is 197 Å². The lowest BCUT2D eigenvalue weighted by Crippen LogP contribution is -2.62. The van der Waals surface area contributed by atoms with Crippen LogP contribution in [0.2, 0.25) is 0 Å². The third-order valence-electron chi connectivity index (χ3n) is 15.7. The van der Waals surface area contributed by atoms with E-state index in [-0.39, 0.29) is 37.2 Å². The maximum Gasteiger partial charge on any atom is 0.425 e. The largest absolute Gasteiger partial charge is 0.458 e. The highest BCUT2D eigenvalue weighted by Crippen LogP contribution is 2.44. The lowest BCUT2D eigenvalue weighted by Gasteiger charge is -2.50. The fourth-order valence-electron chi connectivity index (χ4n) is 11.5. The summed E-state index contributed by atoms with van der Waals surface area (Å²) in [7, 11) is 6.86. The average molecular weight is 957 g/mol. The minimum atomic E-state index is -1.47. The Balaban J connectivity index is 1.39. The van der Waals surface area contributed by atoms with Gasteiger partial charge in [-0.3, -0.25) is 14.6 Å². The van der Waals surface area contributed by atoms with Crippen molar-refractivity contribution < 1.29 is 62.5 Å². The van der Waals surface area contributed by atoms with Crippen LogP contribution in [0.4, 0.5) is 4.79 Å². The summed E-state index contributed by atoms with van der Waals surface area (Å²) in [5, 5.41) is 25.4. The Morgan fingerprint density at radius 3 is 2.26 bits per heavy atom. The maximum absolute atomic E-state index is 15.1. The number of hydrogen-bond acceptors (Lipinski definition) is 16. The second kappa shape index (κ2) is 22.0. The molecule has 5 heterocycles. The zero-order chi connectivity index (χ0) is 50.0. The molecule has 17 heteroatoms. The maximum atomic E-state index is 15.1. The van der Waals surface area contributed by atoms with E-state index in [9.17, 15) is 19.8 Å². The van der Waals surface area contributed by atoms with Crippen LogP contribution in [-0.2, 0) is 53.9 Å². The summed E-state index contributed by atoms with van der Waals surface area (Å²) in [6.07, 6.45) is -4.54. The number of likely N-dealkylation sites (N-methyl/N-ethyl adjacent to an activating group) is 1. The van der Waals surface area contributed by atoms with Gasteiger partial charge in [-0.1, -0.05) is 45.9 Å². The quantitative estimate of drug-likeness (QED) is 0.166. The van der Waals surface area contributed by atoms with Gasteiger partial charge in [-0.2, -0.15) is 0 Å². The molecule has 4 saturated heterocycles. The number of Topliss-reactive ketones (excluding diaryl/α,β-unsaturated/α-hetero) is 1. The van der Waals surface area contributed by atoms with Crippen molar-refractivity contribution in [2.45, 2.75) is 192 Å². The number of para-hydroxylation sites is 1. The minimum Gasteiger partial charge on any atom is -0.458 e. The van der Waals surface area contributed by atoms with Crippen LogP contribution in [0.25, 0.3) is 10.9 Å². The van der Waals surface area contributed by atoms with E-state index in [1.165, 1.54) is 12.1 Å². The number of pyridine rings is 1. The number of aliphatic hydroxyl groups is 2. The van der Waals surface area contributed by atoms with Crippen LogP contribution in [0.15, 0.2) is 36.5 Å². The molecule has 1 aromatic carbocycles. The van der Waals surface area contributed by atoms with E-state index in [2.05, 4.69) is 10.4 Å². The molecule has 4 fully saturated rings. The molecular formula is C51H80N4O13. The molecule has 0 spiro atoms. The second-order valence-electron chi connectivity index (χ2n) is 20.8. The molecule has 3 N–H and O–H groups in total. The summed E-state index contributed by atoms with van der Waals surface area (Å²) in [4.78, 5) is 50.6. The smallest absolute Gasteiger partial charge is 0.425 e. The molecule has 4 aliphatic heterocycles. The number of hydrazine groups is 1. The van der Waals surface area contributed by atoms with Crippen molar-refractivity contribution in [2.24, 2.45) is 23.7 Å². The molecule has 6 rings (SSSR count). The number of hydrogen-bond donors (Lipinski definition) is 3. The van der Waals surface area contributed by atoms with Crippen LogP contribution < -0.4 is 5.43 Å². The van der Waals surface area contributed by atoms with Crippen molar-refractivity contribution >= 4 is 28.7 Å². The molecule has 1 aromatic heterocycles. The lowest BCUT2D eigenvalue weighted by atomic mass is 9.73. The summed E-state index contributed by atoms with van der Waals surface area (Å²) in [6, 6.07) is 8.76. The molecule has 2 aromatic rings. The van der Waals surface area contributed by atoms with Gasteiger partial charge in [0.1, 0.15) is 30.1 Å². The molecule has 0 bridgehead atoms. The van der Waals surface area contributed by atoms with Crippen LogP contribution in [-0.4, -0.2) is 162 Å². The first-order valence-corrected chi connectivity index (χ1v) is 24.6. The summed E-state index contributed by atoms with van der Waals surface area (Å²) >= 11 is 0. The first-order chi connectivity index (χ1) is 32.0. The Labute approximate surface area is 403 Å². The number of fused-ring (bicyclic) bond motifs is 2. The SMILES string of the molecule is CC[C@H]1OC(=O)[C@H](C)C(OC2C[C@@](C)(OC)[C@@H](O)[C@H](C)O2)[C@H](C)[C@@H](O[C@@H]2O[C@H](C)C[C@H](N(C)C)[C@H]2O)[C@](C)(OC)C[C@@H](C)C(=O)[C@H](C)[C@H]2N(NCCCc3ccnc4ccccc34)C(=O)O[C@]12C. The normalized spacial score (nSPS) is 41.0. The van der Waals surface area contributed by atoms with Gasteiger partial charge < -0.3 is 53.0 Å². The first-order valence-electron chi connectivity index (χ1n) is 24.6. The van der Waals surface area contributed by atoms with Crippen molar-refractivity contribution in [1.82, 2.24) is 20.3 Å². The Kier molecular flexibility index (Phi) is 17.4. The van der Waals surface area contributed by atoms with E-state index in [0.29, 0.717) is 25.8 Å². The molecule has 18 atom stereocenters. The molecule has 17 nitrogen and oxygen atoms in total. The van der Waals surface area contributed by atoms with Gasteiger partial charge in [0.05, 0.1) is 47.1 Å². The third-order valence-corrected chi connectivity index (χ3v) is 15.7. The molecule has 68 heavy (non-hydrogen) atoms. The molecule has 1 amide bonds. The van der Waals surface area contributed by atoms with Gasteiger partial charge in [0.25, 0.3) is 0 Å². The van der Waals surface area contributed by atoms with Crippen molar-refractivity contribution in [2.75, 3.05) is 34.9 Å². The van der Waals surface area contributed by atoms with Crippen LogP contribution in [0.3, 0.4) is 0 Å². The zero-order valence-corrected chi connectivity index (χ0v) is 42.8. The van der Waals surface area contributed by atoms with Crippen LogP contribution >= 0.6 is 0 Å². The van der Waals surface area contributed by atoms with E-state index in [1.807, 2.05) is 83.9 Å². The molecular weight excluding hydrogens is 877 g/mol. The van der Waals surface area contributed by atoms with Crippen molar-refractivity contribution in [1.29, 1.82) is 0 Å². The zero-order valence-electron chi connectivity index (χ0n) is 42.8. The number of benzene rings is 1. The number of ether oxygens (including phenoxy) is 8. The van der Waals surface area contributed by atoms with Gasteiger partial charge >= 0.3 is 12.1 Å². The fraction of sp³-hybridized carbons (Fsp3) is 0.765. The van der Waals surface area contributed by atoms with E-state index >= 15 is 4.79 Å². The number of esters is 1. The molecule has 382 valence electrons. The summed E-state index contributed by atoms with van der Waals surface area (Å²) < 4.78 is 51.6. The van der Waals surface area contributed by atoms with Crippen LogP contribution in [0.5, 0.6) is 0 Å². The number of aliphatic hydroxyl groups excluding tert-OH is 2. The number of ketones is 1. The molecule has 0 aliphatic carbocycles. The highest BCUT2D eigenvalue weighted by molar-refractivity contribution is 5.85. The highest BCUT2D eigenvalue weighted by atomic mass is 16.7. The van der Waals surface area contributed by atoms with Crippen LogP contribution in [0.1, 0.15) is 107 Å². The predicted octanol–water partition coefficient (Wildman–Crippen LogP) is 5.59. The number of carbonyl (C=O) groups is 3. The molecule has 4 aliphatic rings. The number of cyclic esters (lactones) is 1. The van der Waals surface area contributed by atoms with Gasteiger partial charge in [-0.25, -0.2) is 15.2 Å². The number of rotatable bonds is 13. The van der Waals surface area contributed by atoms with Gasteiger partial charge in [-0.15, -0.1) is 0 Å². The van der Waals surface area contributed by atoms with Gasteiger partial charge in [0.15, 0.2) is 18.2 Å². The fourth-order valence-corrected chi connectivity index (χ4v) is 11.5. The Bertz CT molecular complexity index is 2040. The minimum absolute atomic E-state index is 0.123. The molecule has 0 saturated carbocycles. The van der Waals surface area contributed by atoms with Gasteiger partial charge in [0, 0.05) is 62.6 Å². The van der Waals surface area contributed by atoms with E-state index in [4.69, 9.17) is 37.9 Å². The van der Waals surface area contributed by atoms with Gasteiger partial charge in [0.2, 0.25) is 0 Å². The summed E-state index contributed by atoms with van der Waals surface area (Å²) in [6.45, 7) is 18.5. The number of nitrogens with one attached hydrogen (secondary N) is 1. The van der Waals surface area contributed by atoms with E-state index in [0.717, 1.165) is 16.5 Å². The number of carbonyl (C=O) groups excluding carboxylic acids is 3. The standard InChI is InChI=1S/C51H80N4O13/c1-15-38-51(10)43(55(48(60)68-51)53-23-18-19-34-22-24-52-36-21-17-16-20-35(34)36)30(4)40(56)28(2)26-50(9,62-14)45(67-47-41(57)37(54(11)12)25-29(3)63-47)31(5)42(32(6)46(59)65-38)66-39-27-49(8,61-13)44(58)33(7)64-39/h16-17,20-22,24,28-33,37-39,41-45,47,53,57-58H,15,18-19,23,25-27H2,1-14H3/t28-,29-,30+,31+,32-,33+,37+,38-,39?,41-,42?,43-,44+,45-,47+,49-,50-,51-/m1/s1. The number of nitrogens with zero attached hydrogens (tertiary/aromatic N) is 3. The highest BCUT2D eigenvalue weighted by Gasteiger charge is 2.61. The number of amides is 1. The van der Waals surface area contributed by atoms with Crippen molar-refractivity contribution in [3.63, 3.8) is 0 Å². The van der Waals surface area contributed by atoms with E-state index in [1.54, 1.807) is 47.9 Å². The predicted molar refractivity (Wildman–Crippen MR) is 253 cm³/mol. The first kappa shape index (κ1) is 54.0. The third kappa shape index (κ3) is 10.9. The summed E-state index contributed by atoms with van der Waals surface area (Å²) in [5.74, 6) is -4.03.